The zero-order valence-electron chi connectivity index (χ0n) is 9.66. The summed E-state index contributed by atoms with van der Waals surface area (Å²) in [4.78, 5) is 17.4. The summed E-state index contributed by atoms with van der Waals surface area (Å²) in [5.41, 5.74) is 0. The third-order valence-corrected chi connectivity index (χ3v) is 4.45. The Morgan fingerprint density at radius 3 is 2.94 bits per heavy atom. The van der Waals surface area contributed by atoms with Gasteiger partial charge in [0.05, 0.1) is 19.4 Å². The van der Waals surface area contributed by atoms with Gasteiger partial charge < -0.3 is 14.8 Å². The minimum absolute atomic E-state index is 0.0113. The molecule has 1 aromatic heterocycles. The highest BCUT2D eigenvalue weighted by Gasteiger charge is 2.39. The molecule has 9 heteroatoms. The van der Waals surface area contributed by atoms with Gasteiger partial charge >= 0.3 is 5.97 Å². The van der Waals surface area contributed by atoms with Crippen molar-refractivity contribution in [2.45, 2.75) is 18.0 Å². The number of hydrogen-bond donors (Lipinski definition) is 2. The molecule has 0 spiro atoms. The minimum atomic E-state index is -3.88. The molecule has 1 aromatic rings. The molecule has 18 heavy (non-hydrogen) atoms. The van der Waals surface area contributed by atoms with E-state index in [1.54, 1.807) is 6.92 Å². The van der Waals surface area contributed by atoms with Gasteiger partial charge in [0.15, 0.2) is 5.03 Å². The molecular weight excluding hydrogens is 262 g/mol. The largest absolute Gasteiger partial charge is 0.480 e. The molecule has 0 radical (unpaired) electrons. The molecule has 0 aliphatic carbocycles. The van der Waals surface area contributed by atoms with Crippen LogP contribution < -0.4 is 0 Å². The summed E-state index contributed by atoms with van der Waals surface area (Å²) in [7, 11) is -3.88. The maximum atomic E-state index is 12.3. The Kier molecular flexibility index (Phi) is 3.37. The molecule has 0 bridgehead atoms. The molecular formula is C9H13N3O5S. The predicted molar refractivity (Wildman–Crippen MR) is 59.5 cm³/mol. The normalized spacial score (nSPS) is 21.9. The zero-order chi connectivity index (χ0) is 13.3. The van der Waals surface area contributed by atoms with Gasteiger partial charge in [0.2, 0.25) is 0 Å². The van der Waals surface area contributed by atoms with E-state index in [0.717, 1.165) is 4.31 Å². The van der Waals surface area contributed by atoms with Crippen LogP contribution in [0.25, 0.3) is 0 Å². The number of ether oxygens (including phenoxy) is 1. The number of nitrogens with zero attached hydrogens (tertiary/aromatic N) is 2. The lowest BCUT2D eigenvalue weighted by atomic mass is 10.3. The Balaban J connectivity index is 2.36. The lowest BCUT2D eigenvalue weighted by Crippen LogP contribution is -2.52. The first kappa shape index (κ1) is 13.0. The number of aryl methyl sites for hydroxylation is 1. The lowest BCUT2D eigenvalue weighted by Gasteiger charge is -2.31. The number of hydrogen-bond acceptors (Lipinski definition) is 5. The number of aromatic nitrogens is 2. The zero-order valence-corrected chi connectivity index (χ0v) is 10.5. The van der Waals surface area contributed by atoms with Crippen LogP contribution in [0.4, 0.5) is 0 Å². The molecule has 1 aliphatic heterocycles. The summed E-state index contributed by atoms with van der Waals surface area (Å²) in [5, 5.41) is 8.91. The molecule has 100 valence electrons. The van der Waals surface area contributed by atoms with E-state index in [4.69, 9.17) is 9.84 Å². The van der Waals surface area contributed by atoms with Gasteiger partial charge in [-0.05, 0) is 6.92 Å². The maximum absolute atomic E-state index is 12.3. The van der Waals surface area contributed by atoms with Crippen molar-refractivity contribution in [2.75, 3.05) is 19.8 Å². The molecule has 2 N–H and O–H groups in total. The fourth-order valence-electron chi connectivity index (χ4n) is 1.73. The second kappa shape index (κ2) is 4.67. The maximum Gasteiger partial charge on any atom is 0.324 e. The van der Waals surface area contributed by atoms with Crippen molar-refractivity contribution in [3.05, 3.63) is 12.0 Å². The number of aliphatic carboxylic acids is 1. The van der Waals surface area contributed by atoms with Gasteiger partial charge in [-0.3, -0.25) is 4.79 Å². The standard InChI is InChI=1S/C9H13N3O5S/c1-6-10-4-8(11-6)18(15,16)12-2-3-17-5-7(12)9(13)14/h4,7H,2-3,5H2,1H3,(H,10,11)(H,13,14). The van der Waals surface area contributed by atoms with Crippen LogP contribution in [0.5, 0.6) is 0 Å². The number of nitrogens with one attached hydrogen (secondary N) is 1. The van der Waals surface area contributed by atoms with Crippen molar-refractivity contribution in [3.8, 4) is 0 Å². The fraction of sp³-hybridized carbons (Fsp3) is 0.556. The summed E-state index contributed by atoms with van der Waals surface area (Å²) >= 11 is 0. The monoisotopic (exact) mass is 275 g/mol. The first-order chi connectivity index (χ1) is 8.43. The van der Waals surface area contributed by atoms with E-state index in [-0.39, 0.29) is 24.8 Å². The van der Waals surface area contributed by atoms with E-state index in [1.165, 1.54) is 6.20 Å². The van der Waals surface area contributed by atoms with E-state index in [0.29, 0.717) is 5.82 Å². The molecule has 1 unspecified atom stereocenters. The molecule has 0 aromatic carbocycles. The average molecular weight is 275 g/mol. The average Bonchev–Trinajstić information content (AvgIpc) is 2.76. The number of sulfonamides is 1. The smallest absolute Gasteiger partial charge is 0.324 e. The van der Waals surface area contributed by atoms with Gasteiger partial charge in [0, 0.05) is 6.54 Å². The number of morpholine rings is 1. The predicted octanol–water partition coefficient (Wildman–Crippen LogP) is -0.808. The quantitative estimate of drug-likeness (QED) is 0.746. The second-order valence-electron chi connectivity index (χ2n) is 3.88. The van der Waals surface area contributed by atoms with Crippen LogP contribution in [0, 0.1) is 6.92 Å². The third kappa shape index (κ3) is 2.24. The first-order valence-electron chi connectivity index (χ1n) is 5.27. The van der Waals surface area contributed by atoms with E-state index >= 15 is 0 Å². The summed E-state index contributed by atoms with van der Waals surface area (Å²) in [5.74, 6) is -0.775. The summed E-state index contributed by atoms with van der Waals surface area (Å²) in [6, 6.07) is -1.20. The van der Waals surface area contributed by atoms with Crippen LogP contribution in [0.15, 0.2) is 11.2 Å². The van der Waals surface area contributed by atoms with Crippen molar-refractivity contribution in [3.63, 3.8) is 0 Å². The number of rotatable bonds is 3. The van der Waals surface area contributed by atoms with Crippen molar-refractivity contribution >= 4 is 16.0 Å². The summed E-state index contributed by atoms with van der Waals surface area (Å²) < 4.78 is 30.4. The highest BCUT2D eigenvalue weighted by atomic mass is 32.2. The van der Waals surface area contributed by atoms with Crippen LogP contribution in [-0.2, 0) is 19.6 Å². The van der Waals surface area contributed by atoms with E-state index < -0.39 is 22.0 Å². The molecule has 8 nitrogen and oxygen atoms in total. The molecule has 1 aliphatic rings. The van der Waals surface area contributed by atoms with Crippen molar-refractivity contribution < 1.29 is 23.1 Å². The minimum Gasteiger partial charge on any atom is -0.480 e. The summed E-state index contributed by atoms with van der Waals surface area (Å²) in [6.45, 7) is 1.65. The molecule has 1 fully saturated rings. The molecule has 2 heterocycles. The molecule has 1 saturated heterocycles. The van der Waals surface area contributed by atoms with Crippen LogP contribution in [0.1, 0.15) is 5.82 Å². The Hall–Kier alpha value is -1.45. The van der Waals surface area contributed by atoms with Crippen LogP contribution >= 0.6 is 0 Å². The van der Waals surface area contributed by atoms with Crippen molar-refractivity contribution in [1.82, 2.24) is 14.3 Å². The number of imidazole rings is 1. The van der Waals surface area contributed by atoms with E-state index in [1.807, 2.05) is 0 Å². The van der Waals surface area contributed by atoms with Gasteiger partial charge in [-0.1, -0.05) is 0 Å². The molecule has 0 amide bonds. The molecule has 0 saturated carbocycles. The van der Waals surface area contributed by atoms with Gasteiger partial charge in [-0.15, -0.1) is 0 Å². The highest BCUT2D eigenvalue weighted by molar-refractivity contribution is 7.89. The van der Waals surface area contributed by atoms with Gasteiger partial charge in [-0.25, -0.2) is 13.4 Å². The van der Waals surface area contributed by atoms with Crippen LogP contribution in [-0.4, -0.2) is 59.6 Å². The first-order valence-corrected chi connectivity index (χ1v) is 6.71. The Morgan fingerprint density at radius 1 is 1.67 bits per heavy atom. The lowest BCUT2D eigenvalue weighted by molar-refractivity contribution is -0.146. The number of aromatic amines is 1. The van der Waals surface area contributed by atoms with Crippen molar-refractivity contribution in [2.24, 2.45) is 0 Å². The van der Waals surface area contributed by atoms with Gasteiger partial charge in [-0.2, -0.15) is 4.31 Å². The van der Waals surface area contributed by atoms with E-state index in [2.05, 4.69) is 9.97 Å². The number of carboxylic acids is 1. The SMILES string of the molecule is Cc1ncc(S(=O)(=O)N2CCOCC2C(=O)O)[nH]1. The highest BCUT2D eigenvalue weighted by Crippen LogP contribution is 2.19. The number of carboxylic acid groups (broad SMARTS) is 1. The third-order valence-electron chi connectivity index (χ3n) is 2.63. The van der Waals surface area contributed by atoms with Gasteiger partial charge in [0.1, 0.15) is 11.9 Å². The van der Waals surface area contributed by atoms with E-state index in [9.17, 15) is 13.2 Å². The van der Waals surface area contributed by atoms with Crippen molar-refractivity contribution in [1.29, 1.82) is 0 Å². The van der Waals surface area contributed by atoms with Crippen LogP contribution in [0.3, 0.4) is 0 Å². The molecule has 2 rings (SSSR count). The summed E-state index contributed by atoms with van der Waals surface area (Å²) in [6.07, 6.45) is 1.18. The number of carbonyl (C=O) groups is 1. The Labute approximate surface area is 104 Å². The number of H-pyrrole nitrogens is 1. The Bertz CT molecular complexity index is 552. The van der Waals surface area contributed by atoms with Gasteiger partial charge in [0.25, 0.3) is 10.0 Å². The second-order valence-corrected chi connectivity index (χ2v) is 5.74. The van der Waals surface area contributed by atoms with Crippen LogP contribution in [0.2, 0.25) is 0 Å². The Morgan fingerprint density at radius 2 is 2.39 bits per heavy atom. The fourth-order valence-corrected chi connectivity index (χ4v) is 3.24. The molecule has 1 atom stereocenters. The topological polar surface area (TPSA) is 113 Å².